The third kappa shape index (κ3) is 4.38. The van der Waals surface area contributed by atoms with Gasteiger partial charge in [0, 0.05) is 58.3 Å². The summed E-state index contributed by atoms with van der Waals surface area (Å²) in [5, 5.41) is 3.89. The number of hydrogen-bond donors (Lipinski definition) is 0. The second kappa shape index (κ2) is 9.35. The molecule has 0 bridgehead atoms. The highest BCUT2D eigenvalue weighted by molar-refractivity contribution is 6.04. The Kier molecular flexibility index (Phi) is 5.98. The van der Waals surface area contributed by atoms with Gasteiger partial charge >= 0.3 is 0 Å². The maximum absolute atomic E-state index is 2.40. The number of para-hydroxylation sites is 1. The van der Waals surface area contributed by atoms with E-state index in [1.165, 1.54) is 66.4 Å². The summed E-state index contributed by atoms with van der Waals surface area (Å²) in [5.74, 6) is 0. The number of fused-ring (bicyclic) bond motifs is 7. The van der Waals surface area contributed by atoms with Crippen LogP contribution in [0.15, 0.2) is 110 Å². The van der Waals surface area contributed by atoms with Gasteiger partial charge in [0.25, 0.3) is 0 Å². The van der Waals surface area contributed by atoms with Gasteiger partial charge in [0.05, 0.1) is 5.39 Å². The topological polar surface area (TPSA) is 7.76 Å². The molecule has 1 aliphatic rings. The Labute approximate surface area is 256 Å². The van der Waals surface area contributed by atoms with Gasteiger partial charge in [-0.3, -0.25) is 0 Å². The molecule has 0 aliphatic heterocycles. The molecule has 4 aromatic carbocycles. The van der Waals surface area contributed by atoms with Crippen molar-refractivity contribution in [2.75, 3.05) is 0 Å². The molecule has 214 valence electrons. The van der Waals surface area contributed by atoms with E-state index in [9.17, 15) is 0 Å². The molecule has 2 heterocycles. The second-order valence-electron chi connectivity index (χ2n) is 14.9. The molecule has 2 aromatic heterocycles. The quantitative estimate of drug-likeness (QED) is 0.186. The molecular weight excluding hydrogens is 520 g/mol. The molecule has 7 rings (SSSR count). The van der Waals surface area contributed by atoms with Crippen molar-refractivity contribution in [3.05, 3.63) is 132 Å². The van der Waals surface area contributed by atoms with E-state index in [2.05, 4.69) is 174 Å². The van der Waals surface area contributed by atoms with Gasteiger partial charge in [0.1, 0.15) is 0 Å². The molecule has 0 atom stereocenters. The van der Waals surface area contributed by atoms with Crippen molar-refractivity contribution in [3.8, 4) is 22.5 Å². The van der Waals surface area contributed by atoms with E-state index in [4.69, 9.17) is 0 Å². The first-order chi connectivity index (χ1) is 20.3. The van der Waals surface area contributed by atoms with E-state index in [0.717, 1.165) is 0 Å². The highest BCUT2D eigenvalue weighted by Crippen LogP contribution is 2.52. The molecule has 0 fully saturated rings. The van der Waals surface area contributed by atoms with Crippen LogP contribution in [0.25, 0.3) is 44.2 Å². The van der Waals surface area contributed by atoms with Crippen molar-refractivity contribution in [2.24, 2.45) is 0 Å². The largest absolute Gasteiger partial charge is 0.219 e. The monoisotopic (exact) mass is 562 g/mol. The first kappa shape index (κ1) is 27.5. The lowest BCUT2D eigenvalue weighted by Gasteiger charge is -2.22. The Hall–Kier alpha value is -4.30. The van der Waals surface area contributed by atoms with Crippen LogP contribution in [0.1, 0.15) is 77.6 Å². The Morgan fingerprint density at radius 3 is 1.81 bits per heavy atom. The van der Waals surface area contributed by atoms with Crippen molar-refractivity contribution in [1.82, 2.24) is 0 Å². The van der Waals surface area contributed by atoms with Crippen molar-refractivity contribution in [2.45, 2.75) is 71.6 Å². The molecule has 1 aliphatic carbocycles. The van der Waals surface area contributed by atoms with Gasteiger partial charge < -0.3 is 0 Å². The van der Waals surface area contributed by atoms with Gasteiger partial charge in [0.15, 0.2) is 18.6 Å². The number of pyridine rings is 2. The third-order valence-corrected chi connectivity index (χ3v) is 9.53. The average Bonchev–Trinajstić information content (AvgIpc) is 3.22. The minimum absolute atomic E-state index is 0.127. The number of hydrogen-bond acceptors (Lipinski definition) is 0. The highest BCUT2D eigenvalue weighted by Gasteiger charge is 2.41. The van der Waals surface area contributed by atoms with Crippen LogP contribution in [0.3, 0.4) is 0 Å². The summed E-state index contributed by atoms with van der Waals surface area (Å²) in [4.78, 5) is 0. The van der Waals surface area contributed by atoms with E-state index >= 15 is 0 Å². The van der Waals surface area contributed by atoms with Crippen LogP contribution in [0, 0.1) is 0 Å². The number of rotatable bonds is 2. The molecule has 0 N–H and O–H groups in total. The molecule has 6 aromatic rings. The van der Waals surface area contributed by atoms with Crippen molar-refractivity contribution in [3.63, 3.8) is 0 Å². The summed E-state index contributed by atoms with van der Waals surface area (Å²) in [6.07, 6.45) is 6.91. The number of nitrogens with zero attached hydrogens (tertiary/aromatic N) is 2. The minimum atomic E-state index is -0.151. The van der Waals surface area contributed by atoms with Gasteiger partial charge in [-0.15, -0.1) is 0 Å². The number of benzene rings is 4. The summed E-state index contributed by atoms with van der Waals surface area (Å²) in [6, 6.07) is 34.0. The van der Waals surface area contributed by atoms with Crippen molar-refractivity contribution >= 4 is 21.7 Å². The zero-order chi connectivity index (χ0) is 30.3. The van der Waals surface area contributed by atoms with Crippen LogP contribution in [-0.2, 0) is 16.2 Å². The van der Waals surface area contributed by atoms with E-state index in [0.29, 0.717) is 0 Å². The molecule has 2 nitrogen and oxygen atoms in total. The Bertz CT molecular complexity index is 2030. The lowest BCUT2D eigenvalue weighted by molar-refractivity contribution is -0.594. The van der Waals surface area contributed by atoms with Crippen LogP contribution in [-0.4, -0.2) is 0 Å². The molecule has 0 radical (unpaired) electrons. The predicted molar refractivity (Wildman–Crippen MR) is 179 cm³/mol. The Balaban J connectivity index is 1.38. The first-order valence-corrected chi connectivity index (χ1v) is 15.5. The first-order valence-electron chi connectivity index (χ1n) is 15.5. The van der Waals surface area contributed by atoms with Crippen LogP contribution in [0.5, 0.6) is 0 Å². The van der Waals surface area contributed by atoms with Gasteiger partial charge in [0.2, 0.25) is 16.9 Å². The van der Waals surface area contributed by atoms with E-state index in [1.54, 1.807) is 0 Å². The fraction of sp³-hybridized carbons (Fsp3) is 0.268. The van der Waals surface area contributed by atoms with Crippen LogP contribution in [0.2, 0.25) is 0 Å². The molecule has 0 saturated heterocycles. The molecule has 0 amide bonds. The summed E-state index contributed by atoms with van der Waals surface area (Å²) < 4.78 is 4.65. The van der Waals surface area contributed by atoms with E-state index in [-0.39, 0.29) is 16.2 Å². The fourth-order valence-electron chi connectivity index (χ4n) is 6.99. The standard InChI is InChI=1S/C41H42N2/c1-39(2,3)28-14-18-30(19-15-28)42-24-23-32-27(25-42)13-22-34-37-33-11-9-10-12-36(33)43(26-35(37)41(7,8)38(32)34)31-20-16-29(17-21-31)40(4,5)6/h9-26H,1-8H3/q+2. The Morgan fingerprint density at radius 2 is 1.19 bits per heavy atom. The molecule has 43 heavy (non-hydrogen) atoms. The average molecular weight is 563 g/mol. The van der Waals surface area contributed by atoms with Crippen molar-refractivity contribution in [1.29, 1.82) is 0 Å². The Morgan fingerprint density at radius 1 is 0.581 bits per heavy atom. The molecule has 0 spiro atoms. The lowest BCUT2D eigenvalue weighted by atomic mass is 9.81. The number of aromatic nitrogens is 2. The van der Waals surface area contributed by atoms with Crippen LogP contribution >= 0.6 is 0 Å². The highest BCUT2D eigenvalue weighted by atomic mass is 15.0. The van der Waals surface area contributed by atoms with Gasteiger partial charge in [-0.2, -0.15) is 9.13 Å². The van der Waals surface area contributed by atoms with Gasteiger partial charge in [-0.25, -0.2) is 0 Å². The maximum Gasteiger partial charge on any atom is 0.219 e. The zero-order valence-corrected chi connectivity index (χ0v) is 26.8. The van der Waals surface area contributed by atoms with E-state index < -0.39 is 0 Å². The molecule has 0 unspecified atom stereocenters. The lowest BCUT2D eigenvalue weighted by Crippen LogP contribution is -2.34. The summed E-state index contributed by atoms with van der Waals surface area (Å²) in [5.41, 5.74) is 12.0. The third-order valence-electron chi connectivity index (χ3n) is 9.53. The normalized spacial score (nSPS) is 14.2. The summed E-state index contributed by atoms with van der Waals surface area (Å²) >= 11 is 0. The second-order valence-corrected chi connectivity index (χ2v) is 14.9. The van der Waals surface area contributed by atoms with E-state index in [1.807, 2.05) is 0 Å². The summed E-state index contributed by atoms with van der Waals surface area (Å²) in [7, 11) is 0. The van der Waals surface area contributed by atoms with Crippen LogP contribution < -0.4 is 9.13 Å². The van der Waals surface area contributed by atoms with Crippen molar-refractivity contribution < 1.29 is 9.13 Å². The fourth-order valence-corrected chi connectivity index (χ4v) is 6.99. The zero-order valence-electron chi connectivity index (χ0n) is 26.8. The van der Waals surface area contributed by atoms with Gasteiger partial charge in [-0.1, -0.05) is 97.9 Å². The molecule has 2 heteroatoms. The molecule has 0 saturated carbocycles. The minimum Gasteiger partial charge on any atom is -0.167 e. The smallest absolute Gasteiger partial charge is 0.167 e. The van der Waals surface area contributed by atoms with Gasteiger partial charge in [-0.05, 0) is 50.6 Å². The predicted octanol–water partition coefficient (Wildman–Crippen LogP) is 9.45. The summed E-state index contributed by atoms with van der Waals surface area (Å²) in [6.45, 7) is 18.4. The van der Waals surface area contributed by atoms with Crippen LogP contribution in [0.4, 0.5) is 0 Å². The SMILES string of the molecule is CC(C)(C)c1ccc(-[n+]2ccc3c4c(ccc3c2)-c2c(c[n+](-c3ccc(C(C)(C)C)cc3)c3ccccc23)C4(C)C)cc1. The molecular formula is C41H42N2+2. The maximum atomic E-state index is 2.40.